The van der Waals surface area contributed by atoms with Crippen molar-refractivity contribution in [1.82, 2.24) is 0 Å². The number of hydrogen-bond donors (Lipinski definition) is 2. The molecule has 0 bridgehead atoms. The van der Waals surface area contributed by atoms with Gasteiger partial charge >= 0.3 is 0 Å². The zero-order chi connectivity index (χ0) is 31.8. The summed E-state index contributed by atoms with van der Waals surface area (Å²) in [5.74, 6) is -8.63. The third-order valence-electron chi connectivity index (χ3n) is 10.6. The molecular weight excluding hydrogens is 544 g/mol. The van der Waals surface area contributed by atoms with Crippen LogP contribution in [0, 0.1) is 34.5 Å². The number of aliphatic hydroxyl groups is 1. The van der Waals surface area contributed by atoms with E-state index in [4.69, 9.17) is 0 Å². The predicted octanol–water partition coefficient (Wildman–Crippen LogP) is 5.00. The minimum absolute atomic E-state index is 0.0159. The fourth-order valence-corrected chi connectivity index (χ4v) is 8.92. The first kappa shape index (κ1) is 31.0. The number of benzene rings is 2. The van der Waals surface area contributed by atoms with Crippen molar-refractivity contribution in [3.63, 3.8) is 0 Å². The highest BCUT2D eigenvalue weighted by atomic mass is 16.3. The molecule has 0 aliphatic heterocycles. The number of aryl methyl sites for hydroxylation is 2. The van der Waals surface area contributed by atoms with Crippen molar-refractivity contribution in [2.45, 2.75) is 85.7 Å². The minimum Gasteiger partial charge on any atom is -0.507 e. The monoisotopic (exact) mass is 586 g/mol. The molecule has 5 rings (SSSR count). The summed E-state index contributed by atoms with van der Waals surface area (Å²) in [6, 6.07) is 11.8. The fraction of sp³-hybridized carbons (Fsp3) is 0.528. The molecule has 0 radical (unpaired) electrons. The number of phenols is 1. The van der Waals surface area contributed by atoms with Gasteiger partial charge in [0.05, 0.1) is 11.5 Å². The molecular formula is C36H42O7. The molecule has 7 nitrogen and oxygen atoms in total. The van der Waals surface area contributed by atoms with Crippen LogP contribution in [0.2, 0.25) is 0 Å². The molecule has 3 unspecified atom stereocenters. The van der Waals surface area contributed by atoms with Crippen molar-refractivity contribution in [3.05, 3.63) is 64.2 Å². The number of hydrogen-bond acceptors (Lipinski definition) is 7. The van der Waals surface area contributed by atoms with E-state index in [2.05, 4.69) is 0 Å². The minimum atomic E-state index is -2.69. The van der Waals surface area contributed by atoms with Crippen molar-refractivity contribution in [2.75, 3.05) is 0 Å². The van der Waals surface area contributed by atoms with Crippen LogP contribution in [0.25, 0.3) is 0 Å². The Labute approximate surface area is 253 Å². The molecule has 0 spiro atoms. The van der Waals surface area contributed by atoms with E-state index in [9.17, 15) is 34.2 Å². The quantitative estimate of drug-likeness (QED) is 0.456. The number of ketones is 5. The van der Waals surface area contributed by atoms with Crippen LogP contribution < -0.4 is 0 Å². The molecule has 2 aromatic rings. The molecule has 0 saturated heterocycles. The Bertz CT molecular complexity index is 1550. The third-order valence-corrected chi connectivity index (χ3v) is 10.6. The number of phenolic OH excluding ortho intramolecular Hbond substituents is 1. The summed E-state index contributed by atoms with van der Waals surface area (Å²) in [5, 5.41) is 23.8. The Morgan fingerprint density at radius 2 is 1.60 bits per heavy atom. The van der Waals surface area contributed by atoms with Gasteiger partial charge in [-0.1, -0.05) is 77.9 Å². The molecule has 0 aromatic heterocycles. The molecule has 7 heteroatoms. The number of Topliss-reactive ketones (excluding diaryl/α,β-unsaturated/α-hetero) is 5. The van der Waals surface area contributed by atoms with Crippen molar-refractivity contribution in [2.24, 2.45) is 34.5 Å². The standard InChI is InChI=1S/C36H42O7/c1-18(2)23-15-22(14-13-21-11-9-8-10-12-21)29(38)26-24(23)16-34(6)17-35(7)27(19(3)4)30(39)25(20(5)37)32(41)36(35,43)33(42)28(34)31(26)40/h8-12,15,18-19,25,27-28,38,43H,13-14,16-17H2,1-7H3/t25?,27?,28?,34-,35-,36+/m1/s1. The summed E-state index contributed by atoms with van der Waals surface area (Å²) in [4.78, 5) is 69.1. The smallest absolute Gasteiger partial charge is 0.190 e. The zero-order valence-electron chi connectivity index (χ0n) is 26.1. The molecule has 2 saturated carbocycles. The summed E-state index contributed by atoms with van der Waals surface area (Å²) in [6.45, 7) is 12.1. The van der Waals surface area contributed by atoms with Gasteiger partial charge in [-0.3, -0.25) is 24.0 Å². The lowest BCUT2D eigenvalue weighted by Gasteiger charge is -2.62. The first-order valence-electron chi connectivity index (χ1n) is 15.3. The summed E-state index contributed by atoms with van der Waals surface area (Å²) in [6.07, 6.45) is 1.43. The fourth-order valence-electron chi connectivity index (χ4n) is 8.92. The molecule has 0 heterocycles. The average molecular weight is 587 g/mol. The Balaban J connectivity index is 1.68. The number of carbonyl (C=O) groups is 5. The second-order valence-corrected chi connectivity index (χ2v) is 14.3. The molecule has 6 atom stereocenters. The van der Waals surface area contributed by atoms with Gasteiger partial charge in [0.1, 0.15) is 17.5 Å². The van der Waals surface area contributed by atoms with Gasteiger partial charge in [-0.15, -0.1) is 0 Å². The van der Waals surface area contributed by atoms with Crippen LogP contribution >= 0.6 is 0 Å². The topological polar surface area (TPSA) is 126 Å². The highest BCUT2D eigenvalue weighted by Crippen LogP contribution is 2.64. The van der Waals surface area contributed by atoms with Crippen molar-refractivity contribution < 1.29 is 34.2 Å². The van der Waals surface area contributed by atoms with Gasteiger partial charge in [-0.25, -0.2) is 0 Å². The lowest BCUT2D eigenvalue weighted by molar-refractivity contribution is -0.205. The van der Waals surface area contributed by atoms with E-state index < -0.39 is 63.1 Å². The SMILES string of the molecule is CC(=O)C1C(=O)C(C(C)C)[C@@]2(C)C[C@@]3(C)Cc4c(C(C)C)cc(CCc5ccccc5)c(O)c4C(=O)C3C(=O)[C@@]2(O)C1=O. The Hall–Kier alpha value is -3.45. The van der Waals surface area contributed by atoms with Gasteiger partial charge < -0.3 is 10.2 Å². The first-order valence-corrected chi connectivity index (χ1v) is 15.3. The maximum Gasteiger partial charge on any atom is 0.190 e. The van der Waals surface area contributed by atoms with Crippen molar-refractivity contribution in [1.29, 1.82) is 0 Å². The van der Waals surface area contributed by atoms with Crippen molar-refractivity contribution >= 4 is 28.9 Å². The predicted molar refractivity (Wildman–Crippen MR) is 161 cm³/mol. The van der Waals surface area contributed by atoms with Gasteiger partial charge in [0.15, 0.2) is 28.7 Å². The number of carbonyl (C=O) groups excluding carboxylic acids is 5. The molecule has 228 valence electrons. The number of rotatable bonds is 6. The molecule has 2 fully saturated rings. The van der Waals surface area contributed by atoms with Gasteiger partial charge in [-0.05, 0) is 72.1 Å². The van der Waals surface area contributed by atoms with E-state index in [1.54, 1.807) is 20.8 Å². The lowest BCUT2D eigenvalue weighted by atomic mass is 9.39. The summed E-state index contributed by atoms with van der Waals surface area (Å²) in [5.41, 5.74) is -1.87. The molecule has 3 aliphatic carbocycles. The van der Waals surface area contributed by atoms with Crippen LogP contribution in [0.15, 0.2) is 36.4 Å². The molecule has 0 amide bonds. The van der Waals surface area contributed by atoms with Crippen molar-refractivity contribution in [3.8, 4) is 5.75 Å². The second-order valence-electron chi connectivity index (χ2n) is 14.3. The second kappa shape index (κ2) is 10.3. The molecule has 3 aliphatic rings. The van der Waals surface area contributed by atoms with Crippen LogP contribution in [0.1, 0.15) is 93.4 Å². The molecule has 2 N–H and O–H groups in total. The zero-order valence-corrected chi connectivity index (χ0v) is 26.1. The van der Waals surface area contributed by atoms with Gasteiger partial charge in [0.25, 0.3) is 0 Å². The van der Waals surface area contributed by atoms with Crippen LogP contribution in [0.5, 0.6) is 5.75 Å². The van der Waals surface area contributed by atoms with E-state index in [1.165, 1.54) is 0 Å². The van der Waals surface area contributed by atoms with E-state index in [0.717, 1.165) is 18.1 Å². The van der Waals surface area contributed by atoms with E-state index in [1.807, 2.05) is 57.2 Å². The maximum atomic E-state index is 14.5. The van der Waals surface area contributed by atoms with Gasteiger partial charge in [0.2, 0.25) is 0 Å². The Kier molecular flexibility index (Phi) is 7.44. The number of fused-ring (bicyclic) bond motifs is 3. The maximum absolute atomic E-state index is 14.5. The lowest BCUT2D eigenvalue weighted by Crippen LogP contribution is -2.76. The highest BCUT2D eigenvalue weighted by Gasteiger charge is 2.76. The van der Waals surface area contributed by atoms with Crippen LogP contribution in [0.4, 0.5) is 0 Å². The van der Waals surface area contributed by atoms with E-state index >= 15 is 0 Å². The van der Waals surface area contributed by atoms with Gasteiger partial charge in [0, 0.05) is 11.3 Å². The normalized spacial score (nSPS) is 32.1. The molecule has 43 heavy (non-hydrogen) atoms. The largest absolute Gasteiger partial charge is 0.507 e. The summed E-state index contributed by atoms with van der Waals surface area (Å²) >= 11 is 0. The van der Waals surface area contributed by atoms with Gasteiger partial charge in [-0.2, -0.15) is 0 Å². The Morgan fingerprint density at radius 1 is 0.977 bits per heavy atom. The highest BCUT2D eigenvalue weighted by molar-refractivity contribution is 6.32. The van der Waals surface area contributed by atoms with E-state index in [-0.39, 0.29) is 36.0 Å². The Morgan fingerprint density at radius 3 is 2.16 bits per heavy atom. The van der Waals surface area contributed by atoms with Crippen LogP contribution in [0.3, 0.4) is 0 Å². The summed E-state index contributed by atoms with van der Waals surface area (Å²) in [7, 11) is 0. The van der Waals surface area contributed by atoms with Crippen LogP contribution in [-0.4, -0.2) is 44.7 Å². The summed E-state index contributed by atoms with van der Waals surface area (Å²) < 4.78 is 0. The third kappa shape index (κ3) is 4.29. The first-order chi connectivity index (χ1) is 20.0. The molecule has 2 aromatic carbocycles. The van der Waals surface area contributed by atoms with E-state index in [0.29, 0.717) is 24.0 Å². The average Bonchev–Trinajstić information content (AvgIpc) is 2.90. The number of aromatic hydroxyl groups is 1. The van der Waals surface area contributed by atoms with Crippen LogP contribution in [-0.2, 0) is 38.4 Å².